The standard InChI is InChI=1S/C22H19N3O4/c1-12-6-4-5-7-13(12)10-24-20-19(21(26)25-22(20)27)15-11-23-16-9-18(29-3)17(28-2)8-14(15)16/h4-11,23H,1-3H3,(H,25,26,27). The average molecular weight is 389 g/mol. The number of fused-ring (bicyclic) bond motifs is 1. The Balaban J connectivity index is 1.87. The van der Waals surface area contributed by atoms with E-state index in [1.165, 1.54) is 0 Å². The van der Waals surface area contributed by atoms with Gasteiger partial charge in [0.15, 0.2) is 11.5 Å². The Hall–Kier alpha value is -3.87. The lowest BCUT2D eigenvalue weighted by molar-refractivity contribution is -0.123. The number of rotatable bonds is 5. The molecule has 0 fully saturated rings. The zero-order chi connectivity index (χ0) is 20.5. The largest absolute Gasteiger partial charge is 0.493 e. The number of nitrogens with one attached hydrogen (secondary N) is 2. The highest BCUT2D eigenvalue weighted by Gasteiger charge is 2.32. The molecule has 7 heteroatoms. The fraction of sp³-hybridized carbons (Fsp3) is 0.136. The highest BCUT2D eigenvalue weighted by atomic mass is 16.5. The molecule has 0 radical (unpaired) electrons. The van der Waals surface area contributed by atoms with Crippen LogP contribution in [-0.2, 0) is 9.59 Å². The van der Waals surface area contributed by atoms with Crippen molar-refractivity contribution < 1.29 is 19.1 Å². The van der Waals surface area contributed by atoms with Crippen molar-refractivity contribution in [1.29, 1.82) is 0 Å². The van der Waals surface area contributed by atoms with Gasteiger partial charge in [0, 0.05) is 34.9 Å². The first-order valence-corrected chi connectivity index (χ1v) is 8.96. The van der Waals surface area contributed by atoms with Crippen LogP contribution < -0.4 is 14.8 Å². The third-order valence-corrected chi connectivity index (χ3v) is 4.88. The molecule has 3 aromatic rings. The minimum Gasteiger partial charge on any atom is -0.493 e. The number of methoxy groups -OCH3 is 2. The first-order valence-electron chi connectivity index (χ1n) is 8.96. The van der Waals surface area contributed by atoms with Crippen LogP contribution in [-0.4, -0.2) is 37.2 Å². The number of H-pyrrole nitrogens is 1. The summed E-state index contributed by atoms with van der Waals surface area (Å²) in [7, 11) is 3.09. The Morgan fingerprint density at radius 1 is 1.00 bits per heavy atom. The number of hydrogen-bond donors (Lipinski definition) is 2. The van der Waals surface area contributed by atoms with Crippen LogP contribution in [0.4, 0.5) is 0 Å². The van der Waals surface area contributed by atoms with Gasteiger partial charge in [-0.05, 0) is 24.1 Å². The van der Waals surface area contributed by atoms with E-state index in [2.05, 4.69) is 15.3 Å². The van der Waals surface area contributed by atoms with E-state index in [1.54, 1.807) is 38.8 Å². The lowest BCUT2D eigenvalue weighted by Gasteiger charge is -2.08. The van der Waals surface area contributed by atoms with Crippen molar-refractivity contribution in [3.8, 4) is 11.5 Å². The SMILES string of the molecule is COc1cc2[nH]cc(C3=C(N=Cc4ccccc4C)C(=O)NC3=O)c2cc1OC. The van der Waals surface area contributed by atoms with E-state index in [-0.39, 0.29) is 11.3 Å². The minimum absolute atomic E-state index is 0.0777. The predicted molar refractivity (Wildman–Crippen MR) is 110 cm³/mol. The summed E-state index contributed by atoms with van der Waals surface area (Å²) in [6.07, 6.45) is 3.28. The molecule has 0 saturated heterocycles. The molecule has 0 spiro atoms. The molecule has 1 aliphatic heterocycles. The van der Waals surface area contributed by atoms with Crippen molar-refractivity contribution >= 4 is 34.5 Å². The van der Waals surface area contributed by atoms with Gasteiger partial charge in [-0.3, -0.25) is 14.9 Å². The number of aliphatic imine (C=N–C) groups is 1. The van der Waals surface area contributed by atoms with Crippen molar-refractivity contribution in [2.75, 3.05) is 14.2 Å². The molecule has 1 aliphatic rings. The summed E-state index contributed by atoms with van der Waals surface area (Å²) in [5.41, 5.74) is 3.51. The van der Waals surface area contributed by atoms with Gasteiger partial charge in [0.1, 0.15) is 5.70 Å². The van der Waals surface area contributed by atoms with E-state index in [0.717, 1.165) is 22.0 Å². The van der Waals surface area contributed by atoms with Crippen LogP contribution in [0, 0.1) is 6.92 Å². The Morgan fingerprint density at radius 2 is 1.72 bits per heavy atom. The van der Waals surface area contributed by atoms with Crippen molar-refractivity contribution in [3.05, 3.63) is 65.0 Å². The summed E-state index contributed by atoms with van der Waals surface area (Å²) in [4.78, 5) is 32.4. The van der Waals surface area contributed by atoms with E-state index < -0.39 is 11.8 Å². The van der Waals surface area contributed by atoms with Gasteiger partial charge in [-0.2, -0.15) is 0 Å². The van der Waals surface area contributed by atoms with Gasteiger partial charge in [0.25, 0.3) is 11.8 Å². The number of ether oxygens (including phenoxy) is 2. The number of imide groups is 1. The molecule has 146 valence electrons. The molecule has 2 amide bonds. The van der Waals surface area contributed by atoms with E-state index in [0.29, 0.717) is 17.1 Å². The number of carbonyl (C=O) groups is 2. The number of hydrogen-bond acceptors (Lipinski definition) is 5. The Bertz CT molecular complexity index is 1200. The summed E-state index contributed by atoms with van der Waals surface area (Å²) in [6, 6.07) is 11.2. The normalized spacial score (nSPS) is 14.2. The highest BCUT2D eigenvalue weighted by Crippen LogP contribution is 2.37. The second kappa shape index (κ2) is 7.27. The van der Waals surface area contributed by atoms with Gasteiger partial charge in [-0.25, -0.2) is 4.99 Å². The number of aryl methyl sites for hydroxylation is 1. The predicted octanol–water partition coefficient (Wildman–Crippen LogP) is 2.98. The lowest BCUT2D eigenvalue weighted by atomic mass is 10.0. The summed E-state index contributed by atoms with van der Waals surface area (Å²) in [5, 5.41) is 3.06. The van der Waals surface area contributed by atoms with Crippen LogP contribution in [0.5, 0.6) is 11.5 Å². The van der Waals surface area contributed by atoms with Crippen molar-refractivity contribution in [1.82, 2.24) is 10.3 Å². The molecular formula is C22H19N3O4. The zero-order valence-electron chi connectivity index (χ0n) is 16.2. The molecule has 0 atom stereocenters. The van der Waals surface area contributed by atoms with Crippen LogP contribution in [0.3, 0.4) is 0 Å². The molecule has 1 aromatic heterocycles. The number of carbonyl (C=O) groups excluding carboxylic acids is 2. The van der Waals surface area contributed by atoms with Crippen LogP contribution in [0.1, 0.15) is 16.7 Å². The summed E-state index contributed by atoms with van der Waals surface area (Å²) < 4.78 is 10.7. The molecule has 0 unspecified atom stereocenters. The average Bonchev–Trinajstić information content (AvgIpc) is 3.25. The maximum absolute atomic E-state index is 12.6. The Labute approximate surface area is 167 Å². The van der Waals surface area contributed by atoms with Gasteiger partial charge in [-0.1, -0.05) is 24.3 Å². The first-order chi connectivity index (χ1) is 14.0. The van der Waals surface area contributed by atoms with E-state index >= 15 is 0 Å². The summed E-state index contributed by atoms with van der Waals surface area (Å²) >= 11 is 0. The Kier molecular flexibility index (Phi) is 4.64. The topological polar surface area (TPSA) is 92.8 Å². The lowest BCUT2D eigenvalue weighted by Crippen LogP contribution is -2.22. The highest BCUT2D eigenvalue weighted by molar-refractivity contribution is 6.37. The number of amides is 2. The third kappa shape index (κ3) is 3.16. The first kappa shape index (κ1) is 18.5. The van der Waals surface area contributed by atoms with Crippen LogP contribution >= 0.6 is 0 Å². The third-order valence-electron chi connectivity index (χ3n) is 4.88. The molecule has 0 aliphatic carbocycles. The number of nitrogens with zero attached hydrogens (tertiary/aromatic N) is 1. The van der Waals surface area contributed by atoms with Gasteiger partial charge in [0.2, 0.25) is 0 Å². The number of benzene rings is 2. The fourth-order valence-corrected chi connectivity index (χ4v) is 3.34. The quantitative estimate of drug-likeness (QED) is 0.518. The second-order valence-electron chi connectivity index (χ2n) is 6.58. The van der Waals surface area contributed by atoms with Crippen molar-refractivity contribution in [2.45, 2.75) is 6.92 Å². The van der Waals surface area contributed by atoms with Crippen molar-refractivity contribution in [3.63, 3.8) is 0 Å². The molecular weight excluding hydrogens is 370 g/mol. The molecule has 29 heavy (non-hydrogen) atoms. The number of aromatic amines is 1. The fourth-order valence-electron chi connectivity index (χ4n) is 3.34. The van der Waals surface area contributed by atoms with Crippen LogP contribution in [0.15, 0.2) is 53.3 Å². The van der Waals surface area contributed by atoms with E-state index in [4.69, 9.17) is 9.47 Å². The van der Waals surface area contributed by atoms with Gasteiger partial charge in [-0.15, -0.1) is 0 Å². The molecule has 7 nitrogen and oxygen atoms in total. The van der Waals surface area contributed by atoms with Crippen LogP contribution in [0.2, 0.25) is 0 Å². The second-order valence-corrected chi connectivity index (χ2v) is 6.58. The molecule has 4 rings (SSSR count). The maximum Gasteiger partial charge on any atom is 0.277 e. The number of aromatic nitrogens is 1. The van der Waals surface area contributed by atoms with Gasteiger partial charge < -0.3 is 14.5 Å². The summed E-state index contributed by atoms with van der Waals surface area (Å²) in [6.45, 7) is 1.95. The molecule has 0 saturated carbocycles. The monoisotopic (exact) mass is 389 g/mol. The van der Waals surface area contributed by atoms with E-state index in [9.17, 15) is 9.59 Å². The summed E-state index contributed by atoms with van der Waals surface area (Å²) in [5.74, 6) is 0.0792. The van der Waals surface area contributed by atoms with Crippen molar-refractivity contribution in [2.24, 2.45) is 4.99 Å². The molecule has 0 bridgehead atoms. The molecule has 2 N–H and O–H groups in total. The maximum atomic E-state index is 12.6. The Morgan fingerprint density at radius 3 is 2.45 bits per heavy atom. The van der Waals surface area contributed by atoms with Gasteiger partial charge in [0.05, 0.1) is 19.8 Å². The smallest absolute Gasteiger partial charge is 0.277 e. The zero-order valence-corrected chi connectivity index (χ0v) is 16.2. The minimum atomic E-state index is -0.523. The molecule has 2 heterocycles. The van der Waals surface area contributed by atoms with Crippen LogP contribution in [0.25, 0.3) is 16.5 Å². The van der Waals surface area contributed by atoms with Gasteiger partial charge >= 0.3 is 0 Å². The van der Waals surface area contributed by atoms with E-state index in [1.807, 2.05) is 31.2 Å². The molecule has 2 aromatic carbocycles.